The first-order valence-corrected chi connectivity index (χ1v) is 4.12. The third kappa shape index (κ3) is 3.24. The molecule has 0 spiro atoms. The monoisotopic (exact) mass is 217 g/mol. The molecule has 0 bridgehead atoms. The molecule has 0 N–H and O–H groups in total. The number of aliphatic imine (C=N–C) groups is 1. The topological polar surface area (TPSA) is 29.4 Å². The summed E-state index contributed by atoms with van der Waals surface area (Å²) in [5.74, 6) is 0. The van der Waals surface area contributed by atoms with E-state index in [2.05, 4.69) is 4.99 Å². The number of carbonyl (C=O) groups excluding carboxylic acids is 1. The van der Waals surface area contributed by atoms with Crippen LogP contribution in [0.3, 0.4) is 0 Å². The van der Waals surface area contributed by atoms with E-state index in [4.69, 9.17) is 11.6 Å². The zero-order chi connectivity index (χ0) is 10.6. The standard InChI is InChI=1S/C9H6ClF2NO/c10-8-3-1-2-7(4-8)5-9(11,12)13-6-14/h1-4H,5H2. The Labute approximate surface area is 84.2 Å². The Morgan fingerprint density at radius 2 is 2.21 bits per heavy atom. The van der Waals surface area contributed by atoms with Crippen LogP contribution in [-0.2, 0) is 11.2 Å². The first kappa shape index (κ1) is 10.8. The molecule has 0 aromatic heterocycles. The van der Waals surface area contributed by atoms with Crippen LogP contribution in [0.25, 0.3) is 0 Å². The number of benzene rings is 1. The van der Waals surface area contributed by atoms with Gasteiger partial charge in [0.1, 0.15) is 0 Å². The first-order chi connectivity index (χ1) is 6.53. The summed E-state index contributed by atoms with van der Waals surface area (Å²) in [6.07, 6.45) is 0.185. The van der Waals surface area contributed by atoms with Gasteiger partial charge in [0.25, 0.3) is 0 Å². The molecule has 0 aliphatic carbocycles. The Morgan fingerprint density at radius 1 is 1.50 bits per heavy atom. The third-order valence-electron chi connectivity index (χ3n) is 1.52. The zero-order valence-electron chi connectivity index (χ0n) is 7.01. The molecule has 0 radical (unpaired) electrons. The first-order valence-electron chi connectivity index (χ1n) is 3.75. The van der Waals surface area contributed by atoms with Crippen molar-refractivity contribution < 1.29 is 13.6 Å². The number of rotatable bonds is 3. The van der Waals surface area contributed by atoms with Gasteiger partial charge in [-0.15, -0.1) is 4.99 Å². The van der Waals surface area contributed by atoms with Gasteiger partial charge in [-0.3, -0.25) is 0 Å². The molecule has 0 atom stereocenters. The fourth-order valence-electron chi connectivity index (χ4n) is 0.999. The SMILES string of the molecule is O=C=NC(F)(F)Cc1cccc(Cl)c1. The molecule has 0 saturated carbocycles. The van der Waals surface area contributed by atoms with Crippen molar-refractivity contribution in [3.05, 3.63) is 34.9 Å². The number of isocyanates is 1. The van der Waals surface area contributed by atoms with E-state index >= 15 is 0 Å². The molecule has 1 aromatic carbocycles. The van der Waals surface area contributed by atoms with Crippen molar-refractivity contribution >= 4 is 17.7 Å². The number of halogens is 3. The van der Waals surface area contributed by atoms with Crippen molar-refractivity contribution in [3.63, 3.8) is 0 Å². The zero-order valence-corrected chi connectivity index (χ0v) is 7.76. The van der Waals surface area contributed by atoms with Crippen LogP contribution >= 0.6 is 11.6 Å². The van der Waals surface area contributed by atoms with Crippen molar-refractivity contribution in [3.8, 4) is 0 Å². The normalized spacial score (nSPS) is 10.8. The fourth-order valence-corrected chi connectivity index (χ4v) is 1.21. The molecular formula is C9H6ClF2NO. The summed E-state index contributed by atoms with van der Waals surface area (Å²) < 4.78 is 25.5. The summed E-state index contributed by atoms with van der Waals surface area (Å²) in [5.41, 5.74) is 0.321. The molecule has 14 heavy (non-hydrogen) atoms. The fraction of sp³-hybridized carbons (Fsp3) is 0.222. The van der Waals surface area contributed by atoms with Crippen LogP contribution in [0.2, 0.25) is 5.02 Å². The van der Waals surface area contributed by atoms with E-state index in [0.717, 1.165) is 6.08 Å². The van der Waals surface area contributed by atoms with E-state index in [0.29, 0.717) is 10.6 Å². The van der Waals surface area contributed by atoms with Gasteiger partial charge in [0.2, 0.25) is 6.08 Å². The van der Waals surface area contributed by atoms with Crippen LogP contribution in [0.15, 0.2) is 29.3 Å². The summed E-state index contributed by atoms with van der Waals surface area (Å²) >= 11 is 5.60. The van der Waals surface area contributed by atoms with Gasteiger partial charge in [0.15, 0.2) is 0 Å². The van der Waals surface area contributed by atoms with Crippen LogP contribution in [0.1, 0.15) is 5.56 Å². The van der Waals surface area contributed by atoms with E-state index in [1.54, 1.807) is 12.1 Å². The van der Waals surface area contributed by atoms with Crippen molar-refractivity contribution in [1.29, 1.82) is 0 Å². The van der Waals surface area contributed by atoms with Crippen LogP contribution < -0.4 is 0 Å². The molecule has 0 amide bonds. The lowest BCUT2D eigenvalue weighted by Crippen LogP contribution is -2.15. The lowest BCUT2D eigenvalue weighted by Gasteiger charge is -2.08. The summed E-state index contributed by atoms with van der Waals surface area (Å²) in [6, 6.07) is 2.60. The summed E-state index contributed by atoms with van der Waals surface area (Å²) in [7, 11) is 0. The number of hydrogen-bond donors (Lipinski definition) is 0. The van der Waals surface area contributed by atoms with Gasteiger partial charge in [-0.05, 0) is 17.7 Å². The predicted octanol–water partition coefficient (Wildman–Crippen LogP) is 2.81. The van der Waals surface area contributed by atoms with Crippen molar-refractivity contribution in [2.75, 3.05) is 0 Å². The molecule has 0 heterocycles. The molecule has 0 aliphatic rings. The second kappa shape index (κ2) is 4.31. The van der Waals surface area contributed by atoms with E-state index in [-0.39, 0.29) is 0 Å². The highest BCUT2D eigenvalue weighted by molar-refractivity contribution is 6.30. The molecular weight excluding hydrogens is 212 g/mol. The van der Waals surface area contributed by atoms with E-state index in [1.165, 1.54) is 12.1 Å². The van der Waals surface area contributed by atoms with Gasteiger partial charge >= 0.3 is 6.05 Å². The predicted molar refractivity (Wildman–Crippen MR) is 48.2 cm³/mol. The van der Waals surface area contributed by atoms with E-state index in [9.17, 15) is 13.6 Å². The minimum Gasteiger partial charge on any atom is -0.211 e. The summed E-state index contributed by atoms with van der Waals surface area (Å²) in [5, 5.41) is 0.369. The maximum atomic E-state index is 12.8. The minimum atomic E-state index is -3.41. The van der Waals surface area contributed by atoms with Crippen molar-refractivity contribution in [2.45, 2.75) is 12.5 Å². The molecule has 1 aromatic rings. The quantitative estimate of drug-likeness (QED) is 0.435. The lowest BCUT2D eigenvalue weighted by atomic mass is 10.1. The van der Waals surface area contributed by atoms with Crippen molar-refractivity contribution in [2.24, 2.45) is 4.99 Å². The van der Waals surface area contributed by atoms with Crippen LogP contribution in [0.4, 0.5) is 8.78 Å². The average molecular weight is 218 g/mol. The highest BCUT2D eigenvalue weighted by atomic mass is 35.5. The van der Waals surface area contributed by atoms with E-state index in [1.807, 2.05) is 0 Å². The van der Waals surface area contributed by atoms with Gasteiger partial charge in [-0.2, -0.15) is 8.78 Å². The smallest absolute Gasteiger partial charge is 0.211 e. The van der Waals surface area contributed by atoms with Crippen LogP contribution in [-0.4, -0.2) is 12.1 Å². The average Bonchev–Trinajstić information content (AvgIpc) is 2.02. The molecule has 0 fully saturated rings. The molecule has 5 heteroatoms. The second-order valence-electron chi connectivity index (χ2n) is 2.68. The molecule has 2 nitrogen and oxygen atoms in total. The van der Waals surface area contributed by atoms with Crippen LogP contribution in [0, 0.1) is 0 Å². The molecule has 1 rings (SSSR count). The highest BCUT2D eigenvalue weighted by Crippen LogP contribution is 2.22. The van der Waals surface area contributed by atoms with E-state index < -0.39 is 12.5 Å². The van der Waals surface area contributed by atoms with Gasteiger partial charge in [0, 0.05) is 5.02 Å². The Morgan fingerprint density at radius 3 is 2.79 bits per heavy atom. The molecule has 0 unspecified atom stereocenters. The Kier molecular flexibility index (Phi) is 3.33. The van der Waals surface area contributed by atoms with Gasteiger partial charge in [-0.25, -0.2) is 4.79 Å². The maximum Gasteiger partial charge on any atom is 0.355 e. The van der Waals surface area contributed by atoms with Gasteiger partial charge < -0.3 is 0 Å². The van der Waals surface area contributed by atoms with Gasteiger partial charge in [-0.1, -0.05) is 23.7 Å². The number of nitrogens with zero attached hydrogens (tertiary/aromatic N) is 1. The third-order valence-corrected chi connectivity index (χ3v) is 1.75. The Balaban J connectivity index is 2.83. The molecule has 0 saturated heterocycles. The summed E-state index contributed by atoms with van der Waals surface area (Å²) in [6.45, 7) is 0. The van der Waals surface area contributed by atoms with Crippen molar-refractivity contribution in [1.82, 2.24) is 0 Å². The second-order valence-corrected chi connectivity index (χ2v) is 3.11. The van der Waals surface area contributed by atoms with Crippen LogP contribution in [0.5, 0.6) is 0 Å². The minimum absolute atomic E-state index is 0.321. The highest BCUT2D eigenvalue weighted by Gasteiger charge is 2.28. The molecule has 74 valence electrons. The largest absolute Gasteiger partial charge is 0.355 e. The maximum absolute atomic E-state index is 12.8. The summed E-state index contributed by atoms with van der Waals surface area (Å²) in [4.78, 5) is 12.1. The molecule has 0 aliphatic heterocycles. The number of alkyl halides is 2. The lowest BCUT2D eigenvalue weighted by molar-refractivity contribution is 0.0118. The number of hydrogen-bond acceptors (Lipinski definition) is 2. The Bertz CT molecular complexity index is 375. The Hall–Kier alpha value is -1.25. The van der Waals surface area contributed by atoms with Gasteiger partial charge in [0.05, 0.1) is 6.42 Å².